The molecule has 5 atom stereocenters. The Balaban J connectivity index is 1.72. The van der Waals surface area contributed by atoms with Gasteiger partial charge in [0.25, 0.3) is 0 Å². The number of rotatable bonds is 5. The molecule has 2 aliphatic carbocycles. The van der Waals surface area contributed by atoms with Gasteiger partial charge >= 0.3 is 0 Å². The minimum absolute atomic E-state index is 0.0670. The minimum Gasteiger partial charge on any atom is -0.338 e. The third-order valence-electron chi connectivity index (χ3n) is 6.92. The smallest absolute Gasteiger partial charge is 0.243 e. The molecule has 0 saturated heterocycles. The van der Waals surface area contributed by atoms with Crippen LogP contribution in [0.25, 0.3) is 0 Å². The van der Waals surface area contributed by atoms with Gasteiger partial charge in [0, 0.05) is 12.0 Å². The highest BCUT2D eigenvalue weighted by molar-refractivity contribution is 5.03. The molecule has 26 heavy (non-hydrogen) atoms. The first-order valence-electron chi connectivity index (χ1n) is 10.7. The molecule has 1 heterocycles. The molecular formula is C22H39N3O. The number of hydrogen-bond acceptors (Lipinski definition) is 4. The van der Waals surface area contributed by atoms with E-state index in [-0.39, 0.29) is 11.5 Å². The van der Waals surface area contributed by atoms with E-state index in [0.717, 1.165) is 36.0 Å². The number of aromatic nitrogens is 2. The van der Waals surface area contributed by atoms with Gasteiger partial charge in [-0.2, -0.15) is 4.98 Å². The Hall–Kier alpha value is -0.900. The first kappa shape index (κ1) is 19.9. The molecule has 2 fully saturated rings. The van der Waals surface area contributed by atoms with Crippen molar-refractivity contribution in [3.63, 3.8) is 0 Å². The summed E-state index contributed by atoms with van der Waals surface area (Å²) in [6.07, 6.45) is 8.44. The number of hydrogen-bond donors (Lipinski definition) is 0. The highest BCUT2D eigenvalue weighted by Gasteiger charge is 2.45. The summed E-state index contributed by atoms with van der Waals surface area (Å²) in [5, 5.41) is 4.22. The molecule has 2 saturated carbocycles. The highest BCUT2D eigenvalue weighted by atomic mass is 16.5. The van der Waals surface area contributed by atoms with E-state index in [1.165, 1.54) is 38.5 Å². The molecule has 0 aliphatic heterocycles. The Bertz CT molecular complexity index is 601. The van der Waals surface area contributed by atoms with Crippen LogP contribution in [0.2, 0.25) is 0 Å². The fourth-order valence-electron chi connectivity index (χ4n) is 5.75. The van der Waals surface area contributed by atoms with Gasteiger partial charge in [-0.15, -0.1) is 0 Å². The molecule has 0 N–H and O–H groups in total. The van der Waals surface area contributed by atoms with Crippen molar-refractivity contribution in [1.82, 2.24) is 15.0 Å². The van der Waals surface area contributed by atoms with Gasteiger partial charge in [0.05, 0.1) is 6.04 Å². The molecule has 4 nitrogen and oxygen atoms in total. The Kier molecular flexibility index (Phi) is 5.54. The van der Waals surface area contributed by atoms with E-state index in [1.54, 1.807) is 0 Å². The van der Waals surface area contributed by atoms with Crippen LogP contribution >= 0.6 is 0 Å². The maximum Gasteiger partial charge on any atom is 0.243 e. The van der Waals surface area contributed by atoms with Gasteiger partial charge in [0.2, 0.25) is 5.89 Å². The lowest BCUT2D eigenvalue weighted by molar-refractivity contribution is -0.0185. The van der Waals surface area contributed by atoms with E-state index < -0.39 is 0 Å². The Morgan fingerprint density at radius 3 is 2.58 bits per heavy atom. The first-order valence-corrected chi connectivity index (χ1v) is 10.7. The molecule has 0 amide bonds. The van der Waals surface area contributed by atoms with Crippen LogP contribution in [0, 0.1) is 23.2 Å². The molecule has 2 aliphatic rings. The largest absolute Gasteiger partial charge is 0.338 e. The molecule has 1 aromatic heterocycles. The van der Waals surface area contributed by atoms with Gasteiger partial charge in [0.1, 0.15) is 0 Å². The van der Waals surface area contributed by atoms with E-state index in [9.17, 15) is 0 Å². The summed E-state index contributed by atoms with van der Waals surface area (Å²) in [5.41, 5.74) is 0.416. The van der Waals surface area contributed by atoms with Crippen molar-refractivity contribution >= 4 is 0 Å². The monoisotopic (exact) mass is 361 g/mol. The summed E-state index contributed by atoms with van der Waals surface area (Å²) < 4.78 is 5.63. The average Bonchev–Trinajstić information content (AvgIpc) is 3.02. The second-order valence-electron chi connectivity index (χ2n) is 10.6. The van der Waals surface area contributed by atoms with Crippen molar-refractivity contribution in [3.05, 3.63) is 11.7 Å². The average molecular weight is 362 g/mol. The van der Waals surface area contributed by atoms with Gasteiger partial charge in [-0.1, -0.05) is 46.2 Å². The summed E-state index contributed by atoms with van der Waals surface area (Å²) in [6, 6.07) is 0.172. The Labute approximate surface area is 160 Å². The molecule has 0 aromatic carbocycles. The normalized spacial score (nSPS) is 33.5. The van der Waals surface area contributed by atoms with Crippen LogP contribution in [0.5, 0.6) is 0 Å². The van der Waals surface area contributed by atoms with Crippen molar-refractivity contribution in [1.29, 1.82) is 0 Å². The molecular weight excluding hydrogens is 322 g/mol. The van der Waals surface area contributed by atoms with Gasteiger partial charge in [0.15, 0.2) is 5.82 Å². The molecule has 0 spiro atoms. The summed E-state index contributed by atoms with van der Waals surface area (Å²) in [5.74, 6) is 4.29. The second kappa shape index (κ2) is 7.26. The van der Waals surface area contributed by atoms with Crippen molar-refractivity contribution in [2.45, 2.75) is 91.5 Å². The van der Waals surface area contributed by atoms with Crippen LogP contribution < -0.4 is 0 Å². The van der Waals surface area contributed by atoms with Gasteiger partial charge < -0.3 is 4.52 Å². The second-order valence-corrected chi connectivity index (χ2v) is 10.6. The van der Waals surface area contributed by atoms with Crippen LogP contribution in [0.1, 0.15) is 97.8 Å². The Morgan fingerprint density at radius 2 is 1.96 bits per heavy atom. The van der Waals surface area contributed by atoms with Crippen molar-refractivity contribution in [3.8, 4) is 0 Å². The van der Waals surface area contributed by atoms with Crippen molar-refractivity contribution in [2.75, 3.05) is 13.6 Å². The summed E-state index contributed by atoms with van der Waals surface area (Å²) in [7, 11) is 2.24. The molecule has 0 radical (unpaired) electrons. The molecule has 148 valence electrons. The van der Waals surface area contributed by atoms with E-state index in [2.05, 4.69) is 58.6 Å². The maximum atomic E-state index is 5.63. The van der Waals surface area contributed by atoms with Crippen LogP contribution in [0.3, 0.4) is 0 Å². The lowest BCUT2D eigenvalue weighted by atomic mass is 9.56. The van der Waals surface area contributed by atoms with Gasteiger partial charge in [-0.25, -0.2) is 0 Å². The standard InChI is InChI=1S/C22H39N3O/c1-8-17-10-18-9-15(2)11-22(12-17,13-18)14-25(7)16(3)19-23-20(24-26-19)21(4,5)6/h15-18H,8-14H2,1-7H3. The van der Waals surface area contributed by atoms with Gasteiger partial charge in [-0.05, 0) is 69.2 Å². The predicted octanol–water partition coefficient (Wildman–Crippen LogP) is 5.60. The predicted molar refractivity (Wildman–Crippen MR) is 106 cm³/mol. The lowest BCUT2D eigenvalue weighted by Crippen LogP contribution is -2.46. The van der Waals surface area contributed by atoms with E-state index in [4.69, 9.17) is 9.51 Å². The first-order chi connectivity index (χ1) is 12.1. The zero-order valence-corrected chi connectivity index (χ0v) is 18.0. The fraction of sp³-hybridized carbons (Fsp3) is 0.909. The highest BCUT2D eigenvalue weighted by Crippen LogP contribution is 2.54. The topological polar surface area (TPSA) is 42.2 Å². The molecule has 1 aromatic rings. The third kappa shape index (κ3) is 4.16. The van der Waals surface area contributed by atoms with E-state index in [1.807, 2.05) is 0 Å². The molecule has 3 rings (SSSR count). The quantitative estimate of drug-likeness (QED) is 0.684. The third-order valence-corrected chi connectivity index (χ3v) is 6.92. The van der Waals surface area contributed by atoms with Crippen LogP contribution in [0.4, 0.5) is 0 Å². The van der Waals surface area contributed by atoms with Crippen molar-refractivity contribution in [2.24, 2.45) is 23.2 Å². The van der Waals surface area contributed by atoms with E-state index >= 15 is 0 Å². The molecule has 2 bridgehead atoms. The summed E-state index contributed by atoms with van der Waals surface area (Å²) >= 11 is 0. The van der Waals surface area contributed by atoms with Crippen LogP contribution in [-0.4, -0.2) is 28.6 Å². The minimum atomic E-state index is -0.0670. The summed E-state index contributed by atoms with van der Waals surface area (Å²) in [6.45, 7) is 14.6. The molecule has 5 unspecified atom stereocenters. The zero-order chi connectivity index (χ0) is 19.1. The maximum absolute atomic E-state index is 5.63. The number of nitrogens with zero attached hydrogens (tertiary/aromatic N) is 3. The molecule has 4 heteroatoms. The van der Waals surface area contributed by atoms with E-state index in [0.29, 0.717) is 5.41 Å². The Morgan fingerprint density at radius 1 is 1.23 bits per heavy atom. The SMILES string of the molecule is CCC1CC2CC(C)CC(CN(C)C(C)c3nc(C(C)(C)C)no3)(C1)C2. The summed E-state index contributed by atoms with van der Waals surface area (Å²) in [4.78, 5) is 7.17. The fourth-order valence-corrected chi connectivity index (χ4v) is 5.75. The van der Waals surface area contributed by atoms with Crippen LogP contribution in [0.15, 0.2) is 4.52 Å². The van der Waals surface area contributed by atoms with Crippen LogP contribution in [-0.2, 0) is 5.41 Å². The van der Waals surface area contributed by atoms with Crippen molar-refractivity contribution < 1.29 is 4.52 Å². The zero-order valence-electron chi connectivity index (χ0n) is 18.0. The van der Waals surface area contributed by atoms with Gasteiger partial charge in [-0.3, -0.25) is 4.90 Å². The number of fused-ring (bicyclic) bond motifs is 2. The lowest BCUT2D eigenvalue weighted by Gasteiger charge is -2.52.